The third-order valence-electron chi connectivity index (χ3n) is 10.3. The molecule has 9 rings (SSSR count). The zero-order chi connectivity index (χ0) is 36.1. The topological polar surface area (TPSA) is 0 Å². The van der Waals surface area contributed by atoms with Crippen molar-refractivity contribution in [1.29, 1.82) is 0 Å². The molecule has 0 aliphatic carbocycles. The van der Waals surface area contributed by atoms with E-state index in [1.165, 1.54) is 88.3 Å². The van der Waals surface area contributed by atoms with Gasteiger partial charge in [0.05, 0.1) is 0 Å². The molecule has 0 atom stereocenters. The summed E-state index contributed by atoms with van der Waals surface area (Å²) in [5.41, 5.74) is 14.5. The molecule has 0 amide bonds. The van der Waals surface area contributed by atoms with Crippen molar-refractivity contribution in [1.82, 2.24) is 0 Å². The molecule has 54 heavy (non-hydrogen) atoms. The van der Waals surface area contributed by atoms with Gasteiger partial charge in [-0.2, -0.15) is 0 Å². The van der Waals surface area contributed by atoms with Crippen LogP contribution < -0.4 is 0 Å². The first-order valence-electron chi connectivity index (χ1n) is 18.6. The first-order valence-corrected chi connectivity index (χ1v) is 18.6. The lowest BCUT2D eigenvalue weighted by molar-refractivity contribution is 1.55. The molecule has 0 fully saturated rings. The largest absolute Gasteiger partial charge is 0.0622 e. The fourth-order valence-corrected chi connectivity index (χ4v) is 7.71. The van der Waals surface area contributed by atoms with Crippen molar-refractivity contribution in [2.75, 3.05) is 0 Å². The monoisotopic (exact) mass is 686 g/mol. The van der Waals surface area contributed by atoms with Crippen LogP contribution in [0.1, 0.15) is 33.4 Å². The van der Waals surface area contributed by atoms with Crippen LogP contribution in [0.4, 0.5) is 0 Å². The van der Waals surface area contributed by atoms with Gasteiger partial charge in [0.2, 0.25) is 0 Å². The molecule has 0 aliphatic heterocycles. The highest BCUT2D eigenvalue weighted by Gasteiger charge is 2.17. The Morgan fingerprint density at radius 3 is 0.741 bits per heavy atom. The molecule has 0 spiro atoms. The quantitative estimate of drug-likeness (QED) is 0.110. The molecule has 9 aromatic carbocycles. The Balaban J connectivity index is 1.13. The summed E-state index contributed by atoms with van der Waals surface area (Å²) >= 11 is 0. The van der Waals surface area contributed by atoms with Gasteiger partial charge < -0.3 is 0 Å². The summed E-state index contributed by atoms with van der Waals surface area (Å²) in [6, 6.07) is 78.5. The van der Waals surface area contributed by atoms with Gasteiger partial charge in [-0.05, 0) is 100 Å². The number of hydrogen-bond donors (Lipinski definition) is 0. The first kappa shape index (κ1) is 32.9. The average molecular weight is 687 g/mol. The van der Waals surface area contributed by atoms with Gasteiger partial charge in [-0.15, -0.1) is 0 Å². The highest BCUT2D eigenvalue weighted by Crippen LogP contribution is 2.44. The Kier molecular flexibility index (Phi) is 9.07. The molecular weight excluding hydrogens is 649 g/mol. The van der Waals surface area contributed by atoms with Crippen molar-refractivity contribution in [3.63, 3.8) is 0 Å². The van der Waals surface area contributed by atoms with E-state index in [1.807, 2.05) is 0 Å². The zero-order valence-corrected chi connectivity index (χ0v) is 29.9. The van der Waals surface area contributed by atoms with Crippen LogP contribution in [0.2, 0.25) is 0 Å². The van der Waals surface area contributed by atoms with Crippen molar-refractivity contribution in [3.05, 3.63) is 252 Å². The Morgan fingerprint density at radius 2 is 0.481 bits per heavy atom. The normalized spacial score (nSPS) is 11.0. The van der Waals surface area contributed by atoms with E-state index >= 15 is 0 Å². The molecule has 0 N–H and O–H groups in total. The van der Waals surface area contributed by atoms with Crippen molar-refractivity contribution >= 4 is 44.8 Å². The predicted octanol–water partition coefficient (Wildman–Crippen LogP) is 14.5. The maximum absolute atomic E-state index is 2.30. The fourth-order valence-electron chi connectivity index (χ4n) is 7.71. The van der Waals surface area contributed by atoms with E-state index in [-0.39, 0.29) is 0 Å². The van der Waals surface area contributed by atoms with Crippen LogP contribution in [0.15, 0.2) is 218 Å². The van der Waals surface area contributed by atoms with Gasteiger partial charge in [0.25, 0.3) is 0 Å². The van der Waals surface area contributed by atoms with Gasteiger partial charge in [-0.1, -0.05) is 218 Å². The van der Waals surface area contributed by atoms with Crippen LogP contribution in [0, 0.1) is 0 Å². The van der Waals surface area contributed by atoms with Crippen molar-refractivity contribution < 1.29 is 0 Å². The fraction of sp³-hybridized carbons (Fsp3) is 0. The minimum atomic E-state index is 1.17. The minimum Gasteiger partial charge on any atom is -0.0622 e. The van der Waals surface area contributed by atoms with Gasteiger partial charge in [0.15, 0.2) is 0 Å². The second kappa shape index (κ2) is 14.9. The molecule has 0 heteroatoms. The number of benzene rings is 9. The van der Waals surface area contributed by atoms with Crippen LogP contribution in [-0.2, 0) is 0 Å². The number of rotatable bonds is 8. The predicted molar refractivity (Wildman–Crippen MR) is 232 cm³/mol. The summed E-state index contributed by atoms with van der Waals surface area (Å²) < 4.78 is 0. The molecule has 0 nitrogen and oxygen atoms in total. The molecule has 0 saturated carbocycles. The molecule has 0 radical (unpaired) electrons. The first-order chi connectivity index (χ1) is 26.8. The molecule has 0 saturated heterocycles. The summed E-state index contributed by atoms with van der Waals surface area (Å²) in [5, 5.41) is 5.01. The molecule has 254 valence electrons. The summed E-state index contributed by atoms with van der Waals surface area (Å²) in [6.45, 7) is 0. The third-order valence-corrected chi connectivity index (χ3v) is 10.3. The van der Waals surface area contributed by atoms with Crippen LogP contribution in [0.3, 0.4) is 0 Å². The van der Waals surface area contributed by atoms with Gasteiger partial charge in [-0.25, -0.2) is 0 Å². The molecule has 0 aromatic heterocycles. The van der Waals surface area contributed by atoms with Gasteiger partial charge in [0, 0.05) is 0 Å². The van der Waals surface area contributed by atoms with Crippen LogP contribution >= 0.6 is 0 Å². The van der Waals surface area contributed by atoms with Crippen molar-refractivity contribution in [3.8, 4) is 22.3 Å². The van der Waals surface area contributed by atoms with E-state index < -0.39 is 0 Å². The maximum atomic E-state index is 2.30. The summed E-state index contributed by atoms with van der Waals surface area (Å²) in [4.78, 5) is 0. The third kappa shape index (κ3) is 6.58. The molecule has 0 heterocycles. The second-order valence-corrected chi connectivity index (χ2v) is 13.7. The second-order valence-electron chi connectivity index (χ2n) is 13.7. The van der Waals surface area contributed by atoms with Crippen LogP contribution in [0.25, 0.3) is 67.1 Å². The lowest BCUT2D eigenvalue weighted by Crippen LogP contribution is -1.91. The SMILES string of the molecule is C(=C(c1ccccc1)c1ccccc1)c1ccc(-c2c3ccccc3c(-c3ccc(C=C(c4ccccc4)c4ccccc4)cc3)c3ccccc23)cc1. The highest BCUT2D eigenvalue weighted by atomic mass is 14.2. The Bertz CT molecular complexity index is 2400. The molecule has 0 bridgehead atoms. The smallest absolute Gasteiger partial charge is 0.00264 e. The van der Waals surface area contributed by atoms with Gasteiger partial charge in [-0.3, -0.25) is 0 Å². The van der Waals surface area contributed by atoms with Crippen LogP contribution in [-0.4, -0.2) is 0 Å². The van der Waals surface area contributed by atoms with Crippen LogP contribution in [0.5, 0.6) is 0 Å². The Morgan fingerprint density at radius 1 is 0.241 bits per heavy atom. The van der Waals surface area contributed by atoms with E-state index in [0.717, 1.165) is 0 Å². The van der Waals surface area contributed by atoms with Gasteiger partial charge in [0.1, 0.15) is 0 Å². The van der Waals surface area contributed by atoms with Crippen molar-refractivity contribution in [2.24, 2.45) is 0 Å². The molecule has 0 aliphatic rings. The molecule has 9 aromatic rings. The van der Waals surface area contributed by atoms with E-state index in [4.69, 9.17) is 0 Å². The Hall–Kier alpha value is -7.02. The summed E-state index contributed by atoms with van der Waals surface area (Å²) in [5.74, 6) is 0. The number of hydrogen-bond acceptors (Lipinski definition) is 0. The summed E-state index contributed by atoms with van der Waals surface area (Å²) in [6.07, 6.45) is 4.60. The van der Waals surface area contributed by atoms with E-state index in [1.54, 1.807) is 0 Å². The average Bonchev–Trinajstić information content (AvgIpc) is 3.25. The Labute approximate surface area is 317 Å². The molecule has 0 unspecified atom stereocenters. The highest BCUT2D eigenvalue weighted by molar-refractivity contribution is 6.21. The maximum Gasteiger partial charge on any atom is -0.00264 e. The van der Waals surface area contributed by atoms with E-state index in [2.05, 4.69) is 231 Å². The van der Waals surface area contributed by atoms with Gasteiger partial charge >= 0.3 is 0 Å². The van der Waals surface area contributed by atoms with E-state index in [9.17, 15) is 0 Å². The number of fused-ring (bicyclic) bond motifs is 2. The van der Waals surface area contributed by atoms with Crippen molar-refractivity contribution in [2.45, 2.75) is 0 Å². The van der Waals surface area contributed by atoms with E-state index in [0.29, 0.717) is 0 Å². The lowest BCUT2D eigenvalue weighted by Gasteiger charge is -2.18. The molecular formula is C54H38. The minimum absolute atomic E-state index is 1.17. The standard InChI is InChI=1S/C54H38/c1-5-17-41(18-6-1)51(42-19-7-2-8-20-42)37-39-29-33-45(34-30-39)53-47-25-13-15-27-49(47)54(50-28-16-14-26-48(50)53)46-35-31-40(32-36-46)38-52(43-21-9-3-10-22-43)44-23-11-4-12-24-44/h1-38H. The summed E-state index contributed by atoms with van der Waals surface area (Å²) in [7, 11) is 0. The lowest BCUT2D eigenvalue weighted by atomic mass is 9.85. The zero-order valence-electron chi connectivity index (χ0n) is 29.9.